The van der Waals surface area contributed by atoms with Crippen LogP contribution in [0.3, 0.4) is 0 Å². The summed E-state index contributed by atoms with van der Waals surface area (Å²) in [5.41, 5.74) is 2.77. The van der Waals surface area contributed by atoms with Crippen molar-refractivity contribution in [1.82, 2.24) is 0 Å². The van der Waals surface area contributed by atoms with Crippen molar-refractivity contribution in [3.63, 3.8) is 0 Å². The maximum absolute atomic E-state index is 2.16. The standard InChI is InChI=1S/C11H10/c1-2-6-11-8-4-3-7-10(5-1)9-11/h1-8H,9H2. The monoisotopic (exact) mass is 142 g/mol. The SMILES string of the molecule is C1=CC=C2C=CC=CC(=C1)C2. The zero-order valence-electron chi connectivity index (χ0n) is 6.33. The lowest BCUT2D eigenvalue weighted by Crippen LogP contribution is -1.78. The molecule has 0 fully saturated rings. The maximum Gasteiger partial charge on any atom is -0.00258 e. The molecule has 0 heteroatoms. The first-order valence-corrected chi connectivity index (χ1v) is 3.86. The van der Waals surface area contributed by atoms with Crippen LogP contribution < -0.4 is 0 Å². The van der Waals surface area contributed by atoms with Gasteiger partial charge in [0.1, 0.15) is 0 Å². The van der Waals surface area contributed by atoms with Crippen molar-refractivity contribution >= 4 is 0 Å². The van der Waals surface area contributed by atoms with E-state index in [4.69, 9.17) is 0 Å². The summed E-state index contributed by atoms with van der Waals surface area (Å²) in [4.78, 5) is 0. The number of hydrogen-bond acceptors (Lipinski definition) is 0. The maximum atomic E-state index is 2.16. The molecule has 0 N–H and O–H groups in total. The molecular formula is C11H10. The van der Waals surface area contributed by atoms with E-state index in [1.165, 1.54) is 11.1 Å². The molecule has 0 aromatic heterocycles. The predicted octanol–water partition coefficient (Wildman–Crippen LogP) is 2.93. The molecule has 11 heavy (non-hydrogen) atoms. The summed E-state index contributed by atoms with van der Waals surface area (Å²) in [5, 5.41) is 0. The smallest absolute Gasteiger partial charge is 0.00258 e. The summed E-state index contributed by atoms with van der Waals surface area (Å²) >= 11 is 0. The van der Waals surface area contributed by atoms with Crippen LogP contribution in [0.25, 0.3) is 0 Å². The van der Waals surface area contributed by atoms with Crippen molar-refractivity contribution in [3.05, 3.63) is 59.8 Å². The molecule has 0 amide bonds. The third-order valence-corrected chi connectivity index (χ3v) is 1.87. The van der Waals surface area contributed by atoms with Crippen LogP contribution in [0.5, 0.6) is 0 Å². The molecule has 0 nitrogen and oxygen atoms in total. The first-order chi connectivity index (χ1) is 5.45. The van der Waals surface area contributed by atoms with Crippen molar-refractivity contribution in [2.45, 2.75) is 6.42 Å². The molecule has 54 valence electrons. The van der Waals surface area contributed by atoms with Crippen molar-refractivity contribution < 1.29 is 0 Å². The van der Waals surface area contributed by atoms with Crippen molar-refractivity contribution in [3.8, 4) is 0 Å². The van der Waals surface area contributed by atoms with Gasteiger partial charge in [-0.25, -0.2) is 0 Å². The van der Waals surface area contributed by atoms with Crippen LogP contribution in [0.2, 0.25) is 0 Å². The summed E-state index contributed by atoms with van der Waals surface area (Å²) in [6.07, 6.45) is 18.1. The van der Waals surface area contributed by atoms with Gasteiger partial charge >= 0.3 is 0 Å². The number of rotatable bonds is 0. The fourth-order valence-corrected chi connectivity index (χ4v) is 1.30. The molecule has 2 aliphatic rings. The van der Waals surface area contributed by atoms with Crippen LogP contribution in [0.4, 0.5) is 0 Å². The Morgan fingerprint density at radius 3 is 1.82 bits per heavy atom. The number of fused-ring (bicyclic) bond motifs is 2. The summed E-state index contributed by atoms with van der Waals surface area (Å²) in [6, 6.07) is 0. The summed E-state index contributed by atoms with van der Waals surface area (Å²) in [6.45, 7) is 0. The quantitative estimate of drug-likeness (QED) is 0.488. The summed E-state index contributed by atoms with van der Waals surface area (Å²) in [7, 11) is 0. The van der Waals surface area contributed by atoms with Crippen LogP contribution in [0, 0.1) is 0 Å². The number of hydrogen-bond donors (Lipinski definition) is 0. The largest absolute Gasteiger partial charge is 0.0620 e. The first kappa shape index (κ1) is 6.41. The van der Waals surface area contributed by atoms with E-state index in [-0.39, 0.29) is 0 Å². The Hall–Kier alpha value is -1.30. The van der Waals surface area contributed by atoms with Crippen LogP contribution in [0.15, 0.2) is 59.8 Å². The van der Waals surface area contributed by atoms with Crippen LogP contribution in [0.1, 0.15) is 6.42 Å². The molecule has 2 aliphatic carbocycles. The third kappa shape index (κ3) is 1.40. The zero-order valence-corrected chi connectivity index (χ0v) is 6.33. The fourth-order valence-electron chi connectivity index (χ4n) is 1.30. The Kier molecular flexibility index (Phi) is 1.60. The van der Waals surface area contributed by atoms with Crippen molar-refractivity contribution in [2.24, 2.45) is 0 Å². The second-order valence-electron chi connectivity index (χ2n) is 2.76. The van der Waals surface area contributed by atoms with E-state index in [0.29, 0.717) is 0 Å². The molecule has 0 heterocycles. The van der Waals surface area contributed by atoms with E-state index in [0.717, 1.165) is 6.42 Å². The lowest BCUT2D eigenvalue weighted by molar-refractivity contribution is 1.23. The Morgan fingerprint density at radius 1 is 0.727 bits per heavy atom. The molecule has 0 radical (unpaired) electrons. The molecule has 0 spiro atoms. The summed E-state index contributed by atoms with van der Waals surface area (Å²) < 4.78 is 0. The normalized spacial score (nSPS) is 20.4. The van der Waals surface area contributed by atoms with Gasteiger partial charge in [-0.2, -0.15) is 0 Å². The highest BCUT2D eigenvalue weighted by Gasteiger charge is 1.99. The molecule has 0 aromatic rings. The Balaban J connectivity index is 2.46. The van der Waals surface area contributed by atoms with Gasteiger partial charge in [0.2, 0.25) is 0 Å². The van der Waals surface area contributed by atoms with Gasteiger partial charge in [-0.1, -0.05) is 48.6 Å². The van der Waals surface area contributed by atoms with Crippen LogP contribution in [-0.2, 0) is 0 Å². The molecule has 0 unspecified atom stereocenters. The zero-order chi connectivity index (χ0) is 7.52. The minimum absolute atomic E-state index is 1.07. The molecule has 0 atom stereocenters. The lowest BCUT2D eigenvalue weighted by Gasteiger charge is -1.97. The van der Waals surface area contributed by atoms with Gasteiger partial charge < -0.3 is 0 Å². The average Bonchev–Trinajstić information content (AvgIpc) is 2.36. The molecular weight excluding hydrogens is 132 g/mol. The molecule has 2 bridgehead atoms. The second kappa shape index (κ2) is 2.75. The fraction of sp³-hybridized carbons (Fsp3) is 0.0909. The van der Waals surface area contributed by atoms with Gasteiger partial charge in [0, 0.05) is 0 Å². The van der Waals surface area contributed by atoms with E-state index in [1.54, 1.807) is 0 Å². The van der Waals surface area contributed by atoms with Gasteiger partial charge in [-0.3, -0.25) is 0 Å². The van der Waals surface area contributed by atoms with Crippen molar-refractivity contribution in [1.29, 1.82) is 0 Å². The van der Waals surface area contributed by atoms with Gasteiger partial charge in [-0.15, -0.1) is 0 Å². The molecule has 0 aromatic carbocycles. The van der Waals surface area contributed by atoms with Gasteiger partial charge in [0.05, 0.1) is 0 Å². The van der Waals surface area contributed by atoms with E-state index in [9.17, 15) is 0 Å². The average molecular weight is 142 g/mol. The van der Waals surface area contributed by atoms with E-state index < -0.39 is 0 Å². The van der Waals surface area contributed by atoms with Gasteiger partial charge in [-0.05, 0) is 17.6 Å². The van der Waals surface area contributed by atoms with Gasteiger partial charge in [0.15, 0.2) is 0 Å². The van der Waals surface area contributed by atoms with Crippen molar-refractivity contribution in [2.75, 3.05) is 0 Å². The Labute approximate surface area is 66.9 Å². The summed E-state index contributed by atoms with van der Waals surface area (Å²) in [5.74, 6) is 0. The second-order valence-corrected chi connectivity index (χ2v) is 2.76. The topological polar surface area (TPSA) is 0 Å². The van der Waals surface area contributed by atoms with Crippen LogP contribution in [-0.4, -0.2) is 0 Å². The Bertz CT molecular complexity index is 266. The van der Waals surface area contributed by atoms with Crippen LogP contribution >= 0.6 is 0 Å². The lowest BCUT2D eigenvalue weighted by atomic mass is 10.1. The third-order valence-electron chi connectivity index (χ3n) is 1.87. The van der Waals surface area contributed by atoms with E-state index in [1.807, 2.05) is 0 Å². The minimum Gasteiger partial charge on any atom is -0.0620 e. The highest BCUT2D eigenvalue weighted by atomic mass is 14.0. The molecule has 0 aliphatic heterocycles. The highest BCUT2D eigenvalue weighted by molar-refractivity contribution is 5.42. The van der Waals surface area contributed by atoms with Gasteiger partial charge in [0.25, 0.3) is 0 Å². The number of allylic oxidation sites excluding steroid dienone is 10. The minimum atomic E-state index is 1.07. The van der Waals surface area contributed by atoms with E-state index in [2.05, 4.69) is 48.6 Å². The highest BCUT2D eigenvalue weighted by Crippen LogP contribution is 2.19. The molecule has 0 saturated carbocycles. The Morgan fingerprint density at radius 2 is 1.27 bits per heavy atom. The van der Waals surface area contributed by atoms with E-state index >= 15 is 0 Å². The molecule has 2 rings (SSSR count). The molecule has 0 saturated heterocycles. The first-order valence-electron chi connectivity index (χ1n) is 3.86. The predicted molar refractivity (Wildman–Crippen MR) is 48.2 cm³/mol.